The fourth-order valence-electron chi connectivity index (χ4n) is 5.04. The monoisotopic (exact) mass is 469 g/mol. The van der Waals surface area contributed by atoms with Crippen LogP contribution in [-0.2, 0) is 11.0 Å². The second-order valence-electron chi connectivity index (χ2n) is 10.0. The topological polar surface area (TPSA) is 78.9 Å². The molecule has 0 saturated heterocycles. The fourth-order valence-corrected chi connectivity index (χ4v) is 9.64. The molecular weight excluding hydrogens is 438 g/mol. The Morgan fingerprint density at radius 2 is 1.50 bits per heavy atom. The number of allylic oxidation sites excluding steroid dienone is 1. The van der Waals surface area contributed by atoms with Crippen LogP contribution >= 0.6 is 0 Å². The van der Waals surface area contributed by atoms with Gasteiger partial charge in [-0.25, -0.2) is 15.0 Å². The molecule has 174 valence electrons. The normalized spacial score (nSPS) is 18.2. The molecule has 0 amide bonds. The molecule has 2 atom stereocenters. The molecule has 0 aliphatic heterocycles. The fraction of sp³-hybridized carbons (Fsp3) is 0.296. The van der Waals surface area contributed by atoms with Gasteiger partial charge in [0.05, 0.1) is 6.33 Å². The maximum absolute atomic E-state index is 7.14. The van der Waals surface area contributed by atoms with Crippen molar-refractivity contribution in [1.29, 1.82) is 0 Å². The smallest absolute Gasteiger partial charge is 0.261 e. The van der Waals surface area contributed by atoms with Crippen LogP contribution in [0.2, 0.25) is 5.04 Å². The van der Waals surface area contributed by atoms with Crippen LogP contribution in [0, 0.1) is 11.8 Å². The van der Waals surface area contributed by atoms with Crippen molar-refractivity contribution in [1.82, 2.24) is 19.5 Å². The third-order valence-corrected chi connectivity index (χ3v) is 11.9. The SMILES string of the molecule is CC(C)(C)[Si](OC[C@@H]1C=C[C@@H]1Cn1cnc2c(N)ncnc21)(c1ccccc1)c1ccccc1. The van der Waals surface area contributed by atoms with Gasteiger partial charge < -0.3 is 14.7 Å². The van der Waals surface area contributed by atoms with Crippen LogP contribution in [0.25, 0.3) is 11.2 Å². The molecule has 0 saturated carbocycles. The van der Waals surface area contributed by atoms with Crippen molar-refractivity contribution in [2.45, 2.75) is 32.4 Å². The van der Waals surface area contributed by atoms with E-state index in [-0.39, 0.29) is 5.04 Å². The highest BCUT2D eigenvalue weighted by Gasteiger charge is 2.50. The molecule has 1 aliphatic rings. The van der Waals surface area contributed by atoms with Crippen LogP contribution in [0.4, 0.5) is 5.82 Å². The van der Waals surface area contributed by atoms with Crippen molar-refractivity contribution < 1.29 is 4.43 Å². The van der Waals surface area contributed by atoms with E-state index in [1.807, 2.05) is 6.33 Å². The first kappa shape index (κ1) is 22.5. The first-order chi connectivity index (χ1) is 16.4. The second-order valence-corrected chi connectivity index (χ2v) is 14.3. The van der Waals surface area contributed by atoms with Crippen LogP contribution in [0.3, 0.4) is 0 Å². The summed E-state index contributed by atoms with van der Waals surface area (Å²) >= 11 is 0. The summed E-state index contributed by atoms with van der Waals surface area (Å²) in [6, 6.07) is 21.6. The molecule has 2 N–H and O–H groups in total. The summed E-state index contributed by atoms with van der Waals surface area (Å²) < 4.78 is 9.21. The lowest BCUT2D eigenvalue weighted by Gasteiger charge is -2.44. The zero-order valence-corrected chi connectivity index (χ0v) is 20.9. The molecule has 7 heteroatoms. The lowest BCUT2D eigenvalue weighted by molar-refractivity contribution is 0.208. The largest absolute Gasteiger partial charge is 0.407 e. The number of nitrogens with two attached hydrogens (primary N) is 1. The van der Waals surface area contributed by atoms with Gasteiger partial charge in [0.15, 0.2) is 11.5 Å². The molecule has 5 rings (SSSR count). The zero-order valence-electron chi connectivity index (χ0n) is 19.9. The number of hydrogen-bond acceptors (Lipinski definition) is 5. The van der Waals surface area contributed by atoms with Crippen molar-refractivity contribution in [2.24, 2.45) is 11.8 Å². The number of fused-ring (bicyclic) bond motifs is 1. The molecule has 1 aliphatic carbocycles. The van der Waals surface area contributed by atoms with Gasteiger partial charge in [0.25, 0.3) is 8.32 Å². The Labute approximate surface area is 201 Å². The quantitative estimate of drug-likeness (QED) is 0.329. The van der Waals surface area contributed by atoms with E-state index >= 15 is 0 Å². The average molecular weight is 470 g/mol. The zero-order chi connectivity index (χ0) is 23.8. The summed E-state index contributed by atoms with van der Waals surface area (Å²) in [5, 5.41) is 2.58. The Hall–Kier alpha value is -3.29. The van der Waals surface area contributed by atoms with Crippen LogP contribution < -0.4 is 16.1 Å². The van der Waals surface area contributed by atoms with E-state index in [4.69, 9.17) is 10.2 Å². The molecule has 34 heavy (non-hydrogen) atoms. The predicted molar refractivity (Wildman–Crippen MR) is 139 cm³/mol. The minimum absolute atomic E-state index is 0.0341. The maximum Gasteiger partial charge on any atom is 0.261 e. The number of aromatic nitrogens is 4. The van der Waals surface area contributed by atoms with Crippen molar-refractivity contribution in [3.63, 3.8) is 0 Å². The van der Waals surface area contributed by atoms with Crippen molar-refractivity contribution in [2.75, 3.05) is 12.3 Å². The Balaban J connectivity index is 1.42. The molecule has 0 spiro atoms. The lowest BCUT2D eigenvalue weighted by atomic mass is 9.83. The summed E-state index contributed by atoms with van der Waals surface area (Å²) in [6.45, 7) is 8.41. The highest BCUT2D eigenvalue weighted by atomic mass is 28.4. The van der Waals surface area contributed by atoms with Gasteiger partial charge in [0.2, 0.25) is 0 Å². The first-order valence-corrected chi connectivity index (χ1v) is 13.7. The molecule has 0 bridgehead atoms. The lowest BCUT2D eigenvalue weighted by Crippen LogP contribution is -2.67. The van der Waals surface area contributed by atoms with Gasteiger partial charge in [-0.15, -0.1) is 0 Å². The minimum Gasteiger partial charge on any atom is -0.407 e. The van der Waals surface area contributed by atoms with Crippen LogP contribution in [0.1, 0.15) is 20.8 Å². The standard InChI is InChI=1S/C27H31N5OSi/c1-27(2,3)34(22-10-6-4-7-11-22,23-12-8-5-9-13-23)33-17-21-15-14-20(21)16-32-19-31-24-25(28)29-18-30-26(24)32/h4-15,18-21H,16-17H2,1-3H3,(H2,28,29,30)/t20-,21+/m1/s1. The summed E-state index contributed by atoms with van der Waals surface area (Å²) in [7, 11) is -2.54. The molecule has 6 nitrogen and oxygen atoms in total. The molecule has 4 aromatic rings. The van der Waals surface area contributed by atoms with E-state index < -0.39 is 8.32 Å². The summed E-state index contributed by atoms with van der Waals surface area (Å²) in [5.41, 5.74) is 7.40. The number of rotatable bonds is 7. The minimum atomic E-state index is -2.54. The molecule has 0 radical (unpaired) electrons. The van der Waals surface area contributed by atoms with Gasteiger partial charge in [-0.2, -0.15) is 0 Å². The maximum atomic E-state index is 7.14. The van der Waals surface area contributed by atoms with E-state index in [1.165, 1.54) is 16.7 Å². The van der Waals surface area contributed by atoms with Gasteiger partial charge in [-0.3, -0.25) is 0 Å². The molecule has 0 unspecified atom stereocenters. The van der Waals surface area contributed by atoms with E-state index in [0.717, 1.165) is 12.2 Å². The van der Waals surface area contributed by atoms with E-state index in [2.05, 4.69) is 113 Å². The van der Waals surface area contributed by atoms with E-state index in [9.17, 15) is 0 Å². The van der Waals surface area contributed by atoms with Crippen molar-refractivity contribution in [3.8, 4) is 0 Å². The highest BCUT2D eigenvalue weighted by Crippen LogP contribution is 2.38. The number of nitrogens with zero attached hydrogens (tertiary/aromatic N) is 4. The van der Waals surface area contributed by atoms with E-state index in [0.29, 0.717) is 29.8 Å². The predicted octanol–water partition coefficient (Wildman–Crippen LogP) is 3.79. The van der Waals surface area contributed by atoms with Crippen LogP contribution in [-0.4, -0.2) is 34.4 Å². The number of hydrogen-bond donors (Lipinski definition) is 1. The number of anilines is 1. The number of nitrogen functional groups attached to an aromatic ring is 1. The van der Waals surface area contributed by atoms with Gasteiger partial charge >= 0.3 is 0 Å². The summed E-state index contributed by atoms with van der Waals surface area (Å²) in [6.07, 6.45) is 7.83. The number of imidazole rings is 1. The molecule has 2 aromatic heterocycles. The Morgan fingerprint density at radius 3 is 2.06 bits per heavy atom. The second kappa shape index (κ2) is 8.81. The van der Waals surface area contributed by atoms with Gasteiger partial charge in [-0.1, -0.05) is 93.6 Å². The summed E-state index contributed by atoms with van der Waals surface area (Å²) in [4.78, 5) is 12.9. The average Bonchev–Trinajstić information content (AvgIpc) is 3.24. The Bertz CT molecular complexity index is 1260. The third-order valence-electron chi connectivity index (χ3n) is 6.90. The highest BCUT2D eigenvalue weighted by molar-refractivity contribution is 6.99. The molecule has 0 fully saturated rings. The van der Waals surface area contributed by atoms with Gasteiger partial charge in [0.1, 0.15) is 11.8 Å². The van der Waals surface area contributed by atoms with Crippen LogP contribution in [0.5, 0.6) is 0 Å². The Kier molecular flexibility index (Phi) is 5.83. The summed E-state index contributed by atoms with van der Waals surface area (Å²) in [5.74, 6) is 1.10. The van der Waals surface area contributed by atoms with E-state index in [1.54, 1.807) is 0 Å². The van der Waals surface area contributed by atoms with Gasteiger partial charge in [0, 0.05) is 25.0 Å². The van der Waals surface area contributed by atoms with Crippen molar-refractivity contribution in [3.05, 3.63) is 85.5 Å². The van der Waals surface area contributed by atoms with Gasteiger partial charge in [-0.05, 0) is 15.4 Å². The third kappa shape index (κ3) is 3.84. The molecule has 2 aromatic carbocycles. The Morgan fingerprint density at radius 1 is 0.882 bits per heavy atom. The van der Waals surface area contributed by atoms with Crippen LogP contribution in [0.15, 0.2) is 85.5 Å². The molecular formula is C27H31N5OSi. The number of benzene rings is 2. The first-order valence-electron chi connectivity index (χ1n) is 11.7. The molecule has 2 heterocycles. The van der Waals surface area contributed by atoms with Crippen molar-refractivity contribution >= 4 is 35.7 Å².